The largest absolute Gasteiger partial charge is 0.343 e. The quantitative estimate of drug-likeness (QED) is 0.680. The van der Waals surface area contributed by atoms with Crippen molar-refractivity contribution in [2.45, 2.75) is 38.6 Å². The third-order valence-corrected chi connectivity index (χ3v) is 4.42. The Morgan fingerprint density at radius 1 is 1.35 bits per heavy atom. The molecule has 6 heteroatoms. The Bertz CT molecular complexity index is 533. The van der Waals surface area contributed by atoms with E-state index in [1.807, 2.05) is 36.1 Å². The minimum absolute atomic E-state index is 0.00189. The second-order valence-corrected chi connectivity index (χ2v) is 6.87. The number of nitrogens with zero attached hydrogens (tertiary/aromatic N) is 1. The molecular formula is C17H24BrN3O2. The zero-order valence-electron chi connectivity index (χ0n) is 13.5. The van der Waals surface area contributed by atoms with Crippen LogP contribution in [0.1, 0.15) is 32.6 Å². The summed E-state index contributed by atoms with van der Waals surface area (Å²) in [6, 6.07) is 7.65. The normalized spacial score (nSPS) is 15.7. The van der Waals surface area contributed by atoms with Crippen LogP contribution >= 0.6 is 15.9 Å². The van der Waals surface area contributed by atoms with Gasteiger partial charge in [-0.3, -0.25) is 9.59 Å². The summed E-state index contributed by atoms with van der Waals surface area (Å²) in [7, 11) is 0. The maximum atomic E-state index is 12.0. The molecule has 23 heavy (non-hydrogen) atoms. The van der Waals surface area contributed by atoms with Crippen LogP contribution in [0.15, 0.2) is 28.7 Å². The van der Waals surface area contributed by atoms with Crippen LogP contribution in [0.4, 0.5) is 5.69 Å². The molecule has 0 spiro atoms. The summed E-state index contributed by atoms with van der Waals surface area (Å²) in [4.78, 5) is 25.4. The van der Waals surface area contributed by atoms with Crippen LogP contribution in [0, 0.1) is 0 Å². The van der Waals surface area contributed by atoms with Crippen molar-refractivity contribution in [3.63, 3.8) is 0 Å². The number of halogens is 1. The average Bonchev–Trinajstić information content (AvgIpc) is 2.91. The third kappa shape index (κ3) is 6.31. The molecule has 1 aliphatic heterocycles. The molecule has 1 unspecified atom stereocenters. The molecule has 1 saturated heterocycles. The van der Waals surface area contributed by atoms with Gasteiger partial charge in [-0.1, -0.05) is 15.9 Å². The molecule has 1 aromatic rings. The number of hydrogen-bond donors (Lipinski definition) is 2. The lowest BCUT2D eigenvalue weighted by Crippen LogP contribution is -2.33. The molecule has 1 heterocycles. The summed E-state index contributed by atoms with van der Waals surface area (Å²) >= 11 is 3.37. The summed E-state index contributed by atoms with van der Waals surface area (Å²) in [6.07, 6.45) is 3.03. The Kier molecular flexibility index (Phi) is 7.05. The Hall–Kier alpha value is -1.40. The van der Waals surface area contributed by atoms with E-state index in [4.69, 9.17) is 0 Å². The number of likely N-dealkylation sites (tertiary alicyclic amines) is 1. The average molecular weight is 382 g/mol. The molecule has 2 rings (SSSR count). The SMILES string of the molecule is CC(CC(=O)Nc1ccc(Br)cc1)NCCCN1CCCC1=O. The van der Waals surface area contributed by atoms with Gasteiger partial charge in [0.05, 0.1) is 0 Å². The van der Waals surface area contributed by atoms with Crippen LogP contribution in [0.25, 0.3) is 0 Å². The van der Waals surface area contributed by atoms with E-state index in [9.17, 15) is 9.59 Å². The van der Waals surface area contributed by atoms with Crippen LogP contribution in [0.3, 0.4) is 0 Å². The molecule has 0 saturated carbocycles. The number of carbonyl (C=O) groups is 2. The summed E-state index contributed by atoms with van der Waals surface area (Å²) in [6.45, 7) is 4.52. The van der Waals surface area contributed by atoms with Crippen molar-refractivity contribution in [1.29, 1.82) is 0 Å². The third-order valence-electron chi connectivity index (χ3n) is 3.89. The molecule has 0 bridgehead atoms. The minimum atomic E-state index is 0.00189. The predicted octanol–water partition coefficient (Wildman–Crippen LogP) is 2.77. The van der Waals surface area contributed by atoms with Gasteiger partial charge in [0.1, 0.15) is 0 Å². The highest BCUT2D eigenvalue weighted by atomic mass is 79.9. The first-order chi connectivity index (χ1) is 11.0. The van der Waals surface area contributed by atoms with Crippen LogP contribution in [0.5, 0.6) is 0 Å². The first kappa shape index (κ1) is 17.9. The summed E-state index contributed by atoms with van der Waals surface area (Å²) in [5.41, 5.74) is 0.804. The van der Waals surface area contributed by atoms with E-state index >= 15 is 0 Å². The second-order valence-electron chi connectivity index (χ2n) is 5.95. The lowest BCUT2D eigenvalue weighted by atomic mass is 10.2. The summed E-state index contributed by atoms with van der Waals surface area (Å²) < 4.78 is 0.988. The molecular weight excluding hydrogens is 358 g/mol. The Balaban J connectivity index is 1.60. The molecule has 0 aliphatic carbocycles. The van der Waals surface area contributed by atoms with Crippen LogP contribution in [0.2, 0.25) is 0 Å². The number of hydrogen-bond acceptors (Lipinski definition) is 3. The Morgan fingerprint density at radius 2 is 2.09 bits per heavy atom. The van der Waals surface area contributed by atoms with E-state index in [0.717, 1.165) is 42.6 Å². The second kappa shape index (κ2) is 9.03. The minimum Gasteiger partial charge on any atom is -0.343 e. The van der Waals surface area contributed by atoms with Gasteiger partial charge in [0.25, 0.3) is 0 Å². The van der Waals surface area contributed by atoms with E-state index < -0.39 is 0 Å². The summed E-state index contributed by atoms with van der Waals surface area (Å²) in [5, 5.41) is 6.23. The highest BCUT2D eigenvalue weighted by molar-refractivity contribution is 9.10. The van der Waals surface area contributed by atoms with Gasteiger partial charge >= 0.3 is 0 Å². The standard InChI is InChI=1S/C17H24BrN3O2/c1-13(19-9-3-11-21-10-2-4-17(21)23)12-16(22)20-15-7-5-14(18)6-8-15/h5-8,13,19H,2-4,9-12H2,1H3,(H,20,22). The highest BCUT2D eigenvalue weighted by Crippen LogP contribution is 2.14. The highest BCUT2D eigenvalue weighted by Gasteiger charge is 2.19. The number of amides is 2. The molecule has 5 nitrogen and oxygen atoms in total. The maximum absolute atomic E-state index is 12.0. The number of nitrogens with one attached hydrogen (secondary N) is 2. The molecule has 1 aliphatic rings. The number of carbonyl (C=O) groups excluding carboxylic acids is 2. The lowest BCUT2D eigenvalue weighted by Gasteiger charge is -2.17. The zero-order valence-corrected chi connectivity index (χ0v) is 15.1. The first-order valence-corrected chi connectivity index (χ1v) is 8.90. The first-order valence-electron chi connectivity index (χ1n) is 8.11. The topological polar surface area (TPSA) is 61.4 Å². The van der Waals surface area contributed by atoms with E-state index in [2.05, 4.69) is 26.6 Å². The lowest BCUT2D eigenvalue weighted by molar-refractivity contribution is -0.127. The van der Waals surface area contributed by atoms with E-state index in [1.165, 1.54) is 0 Å². The van der Waals surface area contributed by atoms with Gasteiger partial charge < -0.3 is 15.5 Å². The fourth-order valence-corrected chi connectivity index (χ4v) is 2.92. The fraction of sp³-hybridized carbons (Fsp3) is 0.529. The molecule has 1 aromatic carbocycles. The van der Waals surface area contributed by atoms with Crippen molar-refractivity contribution >= 4 is 33.4 Å². The van der Waals surface area contributed by atoms with Gasteiger partial charge in [-0.25, -0.2) is 0 Å². The molecule has 2 N–H and O–H groups in total. The van der Waals surface area contributed by atoms with Crippen LogP contribution < -0.4 is 10.6 Å². The summed E-state index contributed by atoms with van der Waals surface area (Å²) in [5.74, 6) is 0.272. The molecule has 0 aromatic heterocycles. The van der Waals surface area contributed by atoms with Crippen molar-refractivity contribution in [3.8, 4) is 0 Å². The van der Waals surface area contributed by atoms with Crippen molar-refractivity contribution in [2.24, 2.45) is 0 Å². The van der Waals surface area contributed by atoms with Crippen molar-refractivity contribution in [1.82, 2.24) is 10.2 Å². The van der Waals surface area contributed by atoms with Gasteiger partial charge in [0.2, 0.25) is 11.8 Å². The van der Waals surface area contributed by atoms with Crippen molar-refractivity contribution < 1.29 is 9.59 Å². The number of rotatable bonds is 8. The van der Waals surface area contributed by atoms with Gasteiger partial charge in [-0.2, -0.15) is 0 Å². The van der Waals surface area contributed by atoms with E-state index in [0.29, 0.717) is 12.8 Å². The molecule has 126 valence electrons. The zero-order chi connectivity index (χ0) is 16.7. The van der Waals surface area contributed by atoms with Crippen molar-refractivity contribution in [3.05, 3.63) is 28.7 Å². The van der Waals surface area contributed by atoms with E-state index in [-0.39, 0.29) is 17.9 Å². The molecule has 1 fully saturated rings. The van der Waals surface area contributed by atoms with Crippen LogP contribution in [-0.2, 0) is 9.59 Å². The number of benzene rings is 1. The predicted molar refractivity (Wildman–Crippen MR) is 95.3 cm³/mol. The van der Waals surface area contributed by atoms with Crippen LogP contribution in [-0.4, -0.2) is 42.4 Å². The Labute approximate surface area is 145 Å². The van der Waals surface area contributed by atoms with E-state index in [1.54, 1.807) is 0 Å². The van der Waals surface area contributed by atoms with Gasteiger partial charge in [0, 0.05) is 42.1 Å². The smallest absolute Gasteiger partial charge is 0.225 e. The number of anilines is 1. The van der Waals surface area contributed by atoms with Gasteiger partial charge in [-0.05, 0) is 50.6 Å². The monoisotopic (exact) mass is 381 g/mol. The maximum Gasteiger partial charge on any atom is 0.225 e. The molecule has 2 amide bonds. The fourth-order valence-electron chi connectivity index (χ4n) is 2.65. The van der Waals surface area contributed by atoms with Crippen molar-refractivity contribution in [2.75, 3.05) is 25.0 Å². The molecule has 1 atom stereocenters. The van der Waals surface area contributed by atoms with Gasteiger partial charge in [-0.15, -0.1) is 0 Å². The molecule has 0 radical (unpaired) electrons. The Morgan fingerprint density at radius 3 is 2.74 bits per heavy atom. The van der Waals surface area contributed by atoms with Gasteiger partial charge in [0.15, 0.2) is 0 Å².